The van der Waals surface area contributed by atoms with E-state index in [0.29, 0.717) is 18.3 Å². The van der Waals surface area contributed by atoms with Crippen LogP contribution in [0.25, 0.3) is 0 Å². The largest absolute Gasteiger partial charge is 0.339 e. The van der Waals surface area contributed by atoms with Crippen molar-refractivity contribution < 1.29 is 4.52 Å². The third-order valence-electron chi connectivity index (χ3n) is 3.81. The van der Waals surface area contributed by atoms with E-state index in [2.05, 4.69) is 41.3 Å². The van der Waals surface area contributed by atoms with Crippen LogP contribution in [0, 0.1) is 13.8 Å². The van der Waals surface area contributed by atoms with E-state index in [9.17, 15) is 0 Å². The van der Waals surface area contributed by atoms with E-state index in [1.807, 2.05) is 25.6 Å². The monoisotopic (exact) mass is 291 g/mol. The highest BCUT2D eigenvalue weighted by Crippen LogP contribution is 2.24. The summed E-state index contributed by atoms with van der Waals surface area (Å²) in [6.07, 6.45) is 0.988. The molecule has 2 aromatic heterocycles. The van der Waals surface area contributed by atoms with Gasteiger partial charge in [0.25, 0.3) is 0 Å². The van der Waals surface area contributed by atoms with E-state index < -0.39 is 0 Å². The average molecular weight is 291 g/mol. The van der Waals surface area contributed by atoms with Gasteiger partial charge in [-0.15, -0.1) is 0 Å². The molecule has 0 radical (unpaired) electrons. The quantitative estimate of drug-likeness (QED) is 0.886. The molecule has 0 saturated heterocycles. The van der Waals surface area contributed by atoms with E-state index >= 15 is 0 Å². The lowest BCUT2D eigenvalue weighted by molar-refractivity contribution is 0.358. The van der Waals surface area contributed by atoms with Crippen LogP contribution in [-0.4, -0.2) is 19.9 Å². The molecule has 0 aromatic carbocycles. The molecular weight excluding hydrogens is 266 g/mol. The maximum Gasteiger partial charge on any atom is 0.229 e. The number of rotatable bonds is 6. The van der Waals surface area contributed by atoms with Crippen molar-refractivity contribution in [3.05, 3.63) is 28.7 Å². The van der Waals surface area contributed by atoms with E-state index in [4.69, 9.17) is 4.52 Å². The maximum absolute atomic E-state index is 5.23. The highest BCUT2D eigenvalue weighted by atomic mass is 16.5. The fourth-order valence-electron chi connectivity index (χ4n) is 2.53. The molecule has 0 aliphatic carbocycles. The average Bonchev–Trinajstić information content (AvgIpc) is 2.99. The fraction of sp³-hybridized carbons (Fsp3) is 0.667. The van der Waals surface area contributed by atoms with Crippen LogP contribution >= 0.6 is 0 Å². The molecule has 0 amide bonds. The Labute approximate surface area is 125 Å². The van der Waals surface area contributed by atoms with Gasteiger partial charge >= 0.3 is 0 Å². The van der Waals surface area contributed by atoms with Crippen molar-refractivity contribution in [2.24, 2.45) is 7.05 Å². The molecule has 0 unspecified atom stereocenters. The summed E-state index contributed by atoms with van der Waals surface area (Å²) in [5.74, 6) is 1.65. The molecule has 1 atom stereocenters. The van der Waals surface area contributed by atoms with Gasteiger partial charge in [0.1, 0.15) is 0 Å². The van der Waals surface area contributed by atoms with Crippen molar-refractivity contribution in [2.75, 3.05) is 0 Å². The number of hydrogen-bond acceptors (Lipinski definition) is 5. The van der Waals surface area contributed by atoms with Crippen LogP contribution in [0.15, 0.2) is 4.52 Å². The molecule has 6 nitrogen and oxygen atoms in total. The van der Waals surface area contributed by atoms with E-state index in [-0.39, 0.29) is 12.0 Å². The van der Waals surface area contributed by atoms with E-state index in [0.717, 1.165) is 12.1 Å². The molecule has 0 saturated carbocycles. The number of nitrogens with one attached hydrogen (secondary N) is 1. The molecule has 0 bridgehead atoms. The number of aryl methyl sites for hydroxylation is 2. The molecule has 2 heterocycles. The zero-order valence-corrected chi connectivity index (χ0v) is 13.8. The Morgan fingerprint density at radius 3 is 2.48 bits per heavy atom. The molecule has 2 aromatic rings. The van der Waals surface area contributed by atoms with Crippen molar-refractivity contribution in [1.82, 2.24) is 25.2 Å². The van der Waals surface area contributed by atoms with Gasteiger partial charge in [-0.1, -0.05) is 25.9 Å². The van der Waals surface area contributed by atoms with Gasteiger partial charge in [-0.3, -0.25) is 4.68 Å². The van der Waals surface area contributed by atoms with Gasteiger partial charge in [0, 0.05) is 30.3 Å². The van der Waals surface area contributed by atoms with Crippen molar-refractivity contribution in [2.45, 2.75) is 59.5 Å². The first-order valence-electron chi connectivity index (χ1n) is 7.50. The molecule has 0 spiro atoms. The van der Waals surface area contributed by atoms with Gasteiger partial charge in [-0.25, -0.2) is 0 Å². The van der Waals surface area contributed by atoms with Crippen molar-refractivity contribution in [3.8, 4) is 0 Å². The first kappa shape index (κ1) is 15.7. The van der Waals surface area contributed by atoms with Crippen molar-refractivity contribution >= 4 is 0 Å². The molecule has 1 N–H and O–H groups in total. The van der Waals surface area contributed by atoms with Crippen LogP contribution in [0.4, 0.5) is 0 Å². The smallest absolute Gasteiger partial charge is 0.229 e. The zero-order valence-electron chi connectivity index (χ0n) is 13.8. The summed E-state index contributed by atoms with van der Waals surface area (Å²) >= 11 is 0. The molecular formula is C15H25N5O. The summed E-state index contributed by atoms with van der Waals surface area (Å²) in [5.41, 5.74) is 3.54. The number of aromatic nitrogens is 4. The predicted molar refractivity (Wildman–Crippen MR) is 80.9 cm³/mol. The standard InChI is InChI=1S/C15H25N5O/c1-7-12(14-10(4)18-20(6)11(14)5)16-8-13-17-15(9(2)3)21-19-13/h9,12,16H,7-8H2,1-6H3/t12-/m0/s1. The topological polar surface area (TPSA) is 68.8 Å². The van der Waals surface area contributed by atoms with Crippen LogP contribution in [0.3, 0.4) is 0 Å². The Balaban J connectivity index is 2.08. The van der Waals surface area contributed by atoms with Gasteiger partial charge in [0.05, 0.1) is 12.2 Å². The highest BCUT2D eigenvalue weighted by molar-refractivity contribution is 5.28. The van der Waals surface area contributed by atoms with Crippen molar-refractivity contribution in [3.63, 3.8) is 0 Å². The summed E-state index contributed by atoms with van der Waals surface area (Å²) in [6.45, 7) is 11.0. The fourth-order valence-corrected chi connectivity index (χ4v) is 2.53. The Morgan fingerprint density at radius 1 is 1.29 bits per heavy atom. The minimum atomic E-state index is 0.250. The lowest BCUT2D eigenvalue weighted by Crippen LogP contribution is -2.22. The number of nitrogens with zero attached hydrogens (tertiary/aromatic N) is 4. The summed E-state index contributed by atoms with van der Waals surface area (Å²) < 4.78 is 7.16. The first-order valence-corrected chi connectivity index (χ1v) is 7.50. The predicted octanol–water partition coefficient (Wildman–Crippen LogP) is 2.78. The number of hydrogen-bond donors (Lipinski definition) is 1. The normalized spacial score (nSPS) is 13.1. The third kappa shape index (κ3) is 3.32. The minimum absolute atomic E-state index is 0.250. The first-order chi connectivity index (χ1) is 9.93. The van der Waals surface area contributed by atoms with Crippen LogP contribution in [0.2, 0.25) is 0 Å². The summed E-state index contributed by atoms with van der Waals surface area (Å²) in [5, 5.41) is 12.0. The second kappa shape index (κ2) is 6.39. The highest BCUT2D eigenvalue weighted by Gasteiger charge is 2.19. The maximum atomic E-state index is 5.23. The zero-order chi connectivity index (χ0) is 15.6. The van der Waals surface area contributed by atoms with Crippen LogP contribution in [0.1, 0.15) is 67.8 Å². The molecule has 0 aliphatic rings. The van der Waals surface area contributed by atoms with E-state index in [1.165, 1.54) is 11.3 Å². The van der Waals surface area contributed by atoms with Crippen LogP contribution in [-0.2, 0) is 13.6 Å². The Hall–Kier alpha value is -1.69. The molecule has 0 aliphatic heterocycles. The SMILES string of the molecule is CC[C@H](NCc1noc(C(C)C)n1)c1c(C)nn(C)c1C. The Kier molecular flexibility index (Phi) is 4.77. The Morgan fingerprint density at radius 2 is 2.00 bits per heavy atom. The van der Waals surface area contributed by atoms with Gasteiger partial charge < -0.3 is 9.84 Å². The molecule has 21 heavy (non-hydrogen) atoms. The van der Waals surface area contributed by atoms with Crippen LogP contribution in [0.5, 0.6) is 0 Å². The Bertz CT molecular complexity index is 599. The lowest BCUT2D eigenvalue weighted by Gasteiger charge is -2.16. The molecule has 0 fully saturated rings. The van der Waals surface area contributed by atoms with E-state index in [1.54, 1.807) is 0 Å². The summed E-state index contributed by atoms with van der Waals surface area (Å²) in [4.78, 5) is 4.40. The second-order valence-electron chi connectivity index (χ2n) is 5.75. The minimum Gasteiger partial charge on any atom is -0.339 e. The third-order valence-corrected chi connectivity index (χ3v) is 3.81. The van der Waals surface area contributed by atoms with Crippen molar-refractivity contribution in [1.29, 1.82) is 0 Å². The summed E-state index contributed by atoms with van der Waals surface area (Å²) in [6, 6.07) is 0.250. The summed E-state index contributed by atoms with van der Waals surface area (Å²) in [7, 11) is 1.98. The lowest BCUT2D eigenvalue weighted by atomic mass is 10.0. The molecule has 6 heteroatoms. The van der Waals surface area contributed by atoms with Gasteiger partial charge in [0.2, 0.25) is 5.89 Å². The second-order valence-corrected chi connectivity index (χ2v) is 5.75. The molecule has 116 valence electrons. The molecule has 2 rings (SSSR count). The van der Waals surface area contributed by atoms with Gasteiger partial charge in [-0.05, 0) is 20.3 Å². The van der Waals surface area contributed by atoms with Gasteiger partial charge in [0.15, 0.2) is 5.82 Å². The van der Waals surface area contributed by atoms with Gasteiger partial charge in [-0.2, -0.15) is 10.1 Å². The van der Waals surface area contributed by atoms with Crippen LogP contribution < -0.4 is 5.32 Å².